The zero-order valence-electron chi connectivity index (χ0n) is 21.5. The van der Waals surface area contributed by atoms with Crippen molar-refractivity contribution < 1.29 is 22.8 Å². The molecule has 0 spiro atoms. The predicted molar refractivity (Wildman–Crippen MR) is 156 cm³/mol. The molecule has 1 unspecified atom stereocenters. The molecule has 3 heterocycles. The first kappa shape index (κ1) is 28.4. The molecule has 4 aromatic rings. The predicted octanol–water partition coefficient (Wildman–Crippen LogP) is 6.95. The third-order valence-corrected chi connectivity index (χ3v) is 8.97. The van der Waals surface area contributed by atoms with Gasteiger partial charge in [-0.1, -0.05) is 27.7 Å². The normalized spacial score (nSPS) is 14.9. The Hall–Kier alpha value is -4.10. The Morgan fingerprint density at radius 2 is 1.85 bits per heavy atom. The Morgan fingerprint density at radius 1 is 1.00 bits per heavy atom. The van der Waals surface area contributed by atoms with Crippen LogP contribution >= 0.6 is 21.6 Å². The van der Waals surface area contributed by atoms with Gasteiger partial charge < -0.3 is 16.0 Å². The lowest BCUT2D eigenvalue weighted by molar-refractivity contribution is -0.136. The zero-order valence-corrected chi connectivity index (χ0v) is 23.2. The molecule has 0 radical (unpaired) electrons. The summed E-state index contributed by atoms with van der Waals surface area (Å²) in [5, 5.41) is 7.61. The molecular weight excluding hydrogens is 573 g/mol. The van der Waals surface area contributed by atoms with Crippen LogP contribution in [0.3, 0.4) is 0 Å². The second-order valence-electron chi connectivity index (χ2n) is 9.06. The lowest BCUT2D eigenvalue weighted by Crippen LogP contribution is -2.25. The molecule has 1 aliphatic heterocycles. The number of halogens is 3. The van der Waals surface area contributed by atoms with E-state index in [0.717, 1.165) is 29.0 Å². The number of rotatable bonds is 7. The molecule has 1 aliphatic rings. The second kappa shape index (κ2) is 12.2. The summed E-state index contributed by atoms with van der Waals surface area (Å²) in [5.41, 5.74) is 1.57. The van der Waals surface area contributed by atoms with Crippen molar-refractivity contribution in [3.63, 3.8) is 0 Å². The number of nitrogens with zero attached hydrogens (tertiary/aromatic N) is 3. The van der Waals surface area contributed by atoms with Gasteiger partial charge in [-0.3, -0.25) is 14.6 Å². The number of alkyl halides is 3. The van der Waals surface area contributed by atoms with Crippen LogP contribution in [0.25, 0.3) is 11.3 Å². The summed E-state index contributed by atoms with van der Waals surface area (Å²) >= 11 is 0. The van der Waals surface area contributed by atoms with Crippen LogP contribution < -0.4 is 16.0 Å². The van der Waals surface area contributed by atoms with E-state index in [1.54, 1.807) is 48.9 Å². The molecule has 0 bridgehead atoms. The van der Waals surface area contributed by atoms with E-state index in [1.807, 2.05) is 13.0 Å². The number of aromatic nitrogens is 3. The van der Waals surface area contributed by atoms with Crippen LogP contribution in [-0.4, -0.2) is 37.8 Å². The average Bonchev–Trinajstić information content (AvgIpc) is 3.51. The maximum absolute atomic E-state index is 13.9. The highest BCUT2D eigenvalue weighted by Gasteiger charge is 2.35. The van der Waals surface area contributed by atoms with Gasteiger partial charge in [0.25, 0.3) is 5.91 Å². The molecule has 41 heavy (non-hydrogen) atoms. The van der Waals surface area contributed by atoms with Crippen LogP contribution in [0.2, 0.25) is 0 Å². The number of carbonyl (C=O) groups excluding carboxylic acids is 2. The molecule has 2 aromatic heterocycles. The van der Waals surface area contributed by atoms with Gasteiger partial charge >= 0.3 is 6.18 Å². The van der Waals surface area contributed by atoms with Gasteiger partial charge in [0.05, 0.1) is 22.2 Å². The van der Waals surface area contributed by atoms with E-state index in [-0.39, 0.29) is 16.9 Å². The van der Waals surface area contributed by atoms with Gasteiger partial charge in [-0.2, -0.15) is 13.2 Å². The van der Waals surface area contributed by atoms with Crippen molar-refractivity contribution in [2.45, 2.75) is 24.8 Å². The van der Waals surface area contributed by atoms with E-state index in [1.165, 1.54) is 27.7 Å². The standard InChI is InChI=1S/C28H23F3N6O2S2/c1-16-4-5-17(13-23(16)37-27-33-11-8-21(36-27)18-3-2-10-32-15-18)25(38)34-19-6-7-22(20(14-19)28(29,30)31)35-26(39)24-9-12-40-41-24/h2-8,10-11,13-15,24H,9,12H2,1H3,(H,34,38)(H,35,39)(H,33,36,37). The molecule has 5 rings (SSSR count). The van der Waals surface area contributed by atoms with Gasteiger partial charge in [0.1, 0.15) is 0 Å². The average molecular weight is 597 g/mol. The van der Waals surface area contributed by atoms with E-state index < -0.39 is 28.8 Å². The molecule has 1 saturated heterocycles. The fraction of sp³-hybridized carbons (Fsp3) is 0.179. The van der Waals surface area contributed by atoms with Crippen molar-refractivity contribution >= 4 is 56.4 Å². The number of pyridine rings is 1. The topological polar surface area (TPSA) is 109 Å². The number of hydrogen-bond acceptors (Lipinski definition) is 8. The first-order valence-electron chi connectivity index (χ1n) is 12.4. The largest absolute Gasteiger partial charge is 0.418 e. The summed E-state index contributed by atoms with van der Waals surface area (Å²) in [4.78, 5) is 38.3. The Kier molecular flexibility index (Phi) is 8.45. The summed E-state index contributed by atoms with van der Waals surface area (Å²) in [5.74, 6) is -0.0191. The van der Waals surface area contributed by atoms with Crippen molar-refractivity contribution in [1.82, 2.24) is 15.0 Å². The van der Waals surface area contributed by atoms with Gasteiger partial charge in [0.2, 0.25) is 11.9 Å². The molecule has 8 nitrogen and oxygen atoms in total. The van der Waals surface area contributed by atoms with Crippen molar-refractivity contribution in [1.29, 1.82) is 0 Å². The molecule has 3 N–H and O–H groups in total. The minimum absolute atomic E-state index is 0.0614. The number of aryl methyl sites for hydroxylation is 1. The van der Waals surface area contributed by atoms with Crippen LogP contribution in [0.1, 0.15) is 27.9 Å². The van der Waals surface area contributed by atoms with Crippen LogP contribution in [-0.2, 0) is 11.0 Å². The minimum Gasteiger partial charge on any atom is -0.325 e. The molecule has 1 atom stereocenters. The SMILES string of the molecule is Cc1ccc(C(=O)Nc2ccc(NC(=O)C3CCSS3)c(C(F)(F)F)c2)cc1Nc1nccc(-c2cccnc2)n1. The van der Waals surface area contributed by atoms with Crippen LogP contribution in [0.4, 0.5) is 36.2 Å². The maximum atomic E-state index is 13.9. The highest BCUT2D eigenvalue weighted by atomic mass is 33.1. The number of carbonyl (C=O) groups is 2. The van der Waals surface area contributed by atoms with E-state index in [0.29, 0.717) is 23.8 Å². The van der Waals surface area contributed by atoms with E-state index >= 15 is 0 Å². The number of anilines is 4. The lowest BCUT2D eigenvalue weighted by Gasteiger charge is -2.17. The minimum atomic E-state index is -4.74. The van der Waals surface area contributed by atoms with E-state index in [9.17, 15) is 22.8 Å². The van der Waals surface area contributed by atoms with Gasteiger partial charge in [0.15, 0.2) is 0 Å². The zero-order chi connectivity index (χ0) is 29.0. The summed E-state index contributed by atoms with van der Waals surface area (Å²) in [6.45, 7) is 1.83. The monoisotopic (exact) mass is 596 g/mol. The van der Waals surface area contributed by atoms with Crippen molar-refractivity contribution in [3.8, 4) is 11.3 Å². The number of amides is 2. The Morgan fingerprint density at radius 3 is 2.59 bits per heavy atom. The van der Waals surface area contributed by atoms with Gasteiger partial charge in [-0.15, -0.1) is 0 Å². The smallest absolute Gasteiger partial charge is 0.325 e. The number of benzene rings is 2. The first-order valence-corrected chi connectivity index (χ1v) is 14.8. The molecule has 0 saturated carbocycles. The quantitative estimate of drug-likeness (QED) is 0.197. The molecular formula is C28H23F3N6O2S2. The van der Waals surface area contributed by atoms with E-state index in [2.05, 4.69) is 30.9 Å². The van der Waals surface area contributed by atoms with Gasteiger partial charge in [0, 0.05) is 46.8 Å². The van der Waals surface area contributed by atoms with Crippen molar-refractivity contribution in [2.75, 3.05) is 21.7 Å². The highest BCUT2D eigenvalue weighted by Crippen LogP contribution is 2.40. The van der Waals surface area contributed by atoms with Crippen LogP contribution in [0.15, 0.2) is 73.2 Å². The number of nitrogens with one attached hydrogen (secondary N) is 3. The fourth-order valence-corrected chi connectivity index (χ4v) is 6.73. The Labute approximate surface area is 241 Å². The third-order valence-electron chi connectivity index (χ3n) is 6.14. The third kappa shape index (κ3) is 6.98. The van der Waals surface area contributed by atoms with Gasteiger partial charge in [-0.05, 0) is 67.4 Å². The maximum Gasteiger partial charge on any atom is 0.418 e. The Bertz CT molecular complexity index is 1580. The van der Waals surface area contributed by atoms with Gasteiger partial charge in [-0.25, -0.2) is 9.97 Å². The van der Waals surface area contributed by atoms with Crippen LogP contribution in [0.5, 0.6) is 0 Å². The van der Waals surface area contributed by atoms with Crippen LogP contribution in [0, 0.1) is 6.92 Å². The molecule has 2 amide bonds. The summed E-state index contributed by atoms with van der Waals surface area (Å²) in [6, 6.07) is 13.6. The van der Waals surface area contributed by atoms with E-state index in [4.69, 9.17) is 0 Å². The highest BCUT2D eigenvalue weighted by molar-refractivity contribution is 8.77. The first-order chi connectivity index (χ1) is 19.7. The second-order valence-corrected chi connectivity index (χ2v) is 11.7. The van der Waals surface area contributed by atoms with Crippen molar-refractivity contribution in [3.05, 3.63) is 89.9 Å². The lowest BCUT2D eigenvalue weighted by atomic mass is 10.1. The summed E-state index contributed by atoms with van der Waals surface area (Å²) in [7, 11) is 2.86. The fourth-order valence-electron chi connectivity index (χ4n) is 4.00. The summed E-state index contributed by atoms with van der Waals surface area (Å²) < 4.78 is 41.6. The molecule has 2 aromatic carbocycles. The molecule has 210 valence electrons. The summed E-state index contributed by atoms with van der Waals surface area (Å²) in [6.07, 6.45) is 0.786. The molecule has 0 aliphatic carbocycles. The molecule has 1 fully saturated rings. The molecule has 13 heteroatoms. The van der Waals surface area contributed by atoms with Crippen molar-refractivity contribution in [2.24, 2.45) is 0 Å². The number of hydrogen-bond donors (Lipinski definition) is 3. The Balaban J connectivity index is 1.33.